The molecule has 19 heavy (non-hydrogen) atoms. The Kier molecular flexibility index (Phi) is 5.03. The van der Waals surface area contributed by atoms with Crippen LogP contribution in [-0.2, 0) is 11.2 Å². The van der Waals surface area contributed by atoms with E-state index in [0.717, 1.165) is 22.2 Å². The summed E-state index contributed by atoms with van der Waals surface area (Å²) in [6.45, 7) is 7.55. The van der Waals surface area contributed by atoms with Crippen molar-refractivity contribution in [3.8, 4) is 0 Å². The fourth-order valence-corrected chi connectivity index (χ4v) is 4.35. The Morgan fingerprint density at radius 1 is 1.47 bits per heavy atom. The second-order valence-corrected chi connectivity index (χ2v) is 7.09. The van der Waals surface area contributed by atoms with Crippen molar-refractivity contribution in [1.29, 1.82) is 0 Å². The summed E-state index contributed by atoms with van der Waals surface area (Å²) in [7, 11) is 0. The third-order valence-corrected chi connectivity index (χ3v) is 5.30. The zero-order chi connectivity index (χ0) is 14.0. The Labute approximate surface area is 127 Å². The standard InChI is InChI=1S/C14H20BrNO2S/c1-4-5-12-11(15)6-13(19-12)14(17)16-7-9(2)18-10(3)8-16/h6,9-10H,4-5,7-8H2,1-3H3/t9-,10-/m1/s1. The van der Waals surface area contributed by atoms with E-state index in [0.29, 0.717) is 13.1 Å². The molecule has 1 saturated heterocycles. The van der Waals surface area contributed by atoms with Crippen LogP contribution >= 0.6 is 27.3 Å². The van der Waals surface area contributed by atoms with Crippen molar-refractivity contribution >= 4 is 33.2 Å². The number of hydrogen-bond acceptors (Lipinski definition) is 3. The fraction of sp³-hybridized carbons (Fsp3) is 0.643. The van der Waals surface area contributed by atoms with Crippen molar-refractivity contribution in [1.82, 2.24) is 4.90 Å². The molecule has 1 aliphatic heterocycles. The molecule has 3 nitrogen and oxygen atoms in total. The molecule has 1 amide bonds. The lowest BCUT2D eigenvalue weighted by molar-refractivity contribution is -0.0585. The van der Waals surface area contributed by atoms with Crippen molar-refractivity contribution in [2.75, 3.05) is 13.1 Å². The number of hydrogen-bond donors (Lipinski definition) is 0. The molecule has 1 aromatic rings. The Bertz CT molecular complexity index is 450. The van der Waals surface area contributed by atoms with Gasteiger partial charge in [0.05, 0.1) is 17.1 Å². The molecular formula is C14H20BrNO2S. The van der Waals surface area contributed by atoms with Crippen molar-refractivity contribution in [3.63, 3.8) is 0 Å². The Morgan fingerprint density at radius 2 is 2.11 bits per heavy atom. The number of morpholine rings is 1. The summed E-state index contributed by atoms with van der Waals surface area (Å²) in [6.07, 6.45) is 2.35. The molecular weight excluding hydrogens is 326 g/mol. The third kappa shape index (κ3) is 3.58. The van der Waals surface area contributed by atoms with Gasteiger partial charge < -0.3 is 9.64 Å². The summed E-state index contributed by atoms with van der Waals surface area (Å²) >= 11 is 5.16. The molecule has 0 aliphatic carbocycles. The van der Waals surface area contributed by atoms with Crippen LogP contribution in [0.1, 0.15) is 41.7 Å². The average molecular weight is 346 g/mol. The summed E-state index contributed by atoms with van der Waals surface area (Å²) in [5.41, 5.74) is 0. The summed E-state index contributed by atoms with van der Waals surface area (Å²) in [6, 6.07) is 1.96. The van der Waals surface area contributed by atoms with Gasteiger partial charge in [-0.15, -0.1) is 11.3 Å². The third-order valence-electron chi connectivity index (χ3n) is 3.15. The van der Waals surface area contributed by atoms with Gasteiger partial charge in [-0.05, 0) is 42.3 Å². The van der Waals surface area contributed by atoms with Crippen LogP contribution in [0.2, 0.25) is 0 Å². The van der Waals surface area contributed by atoms with Gasteiger partial charge in [-0.25, -0.2) is 0 Å². The highest BCUT2D eigenvalue weighted by atomic mass is 79.9. The van der Waals surface area contributed by atoms with Crippen molar-refractivity contribution in [2.24, 2.45) is 0 Å². The van der Waals surface area contributed by atoms with E-state index >= 15 is 0 Å². The van der Waals surface area contributed by atoms with Crippen molar-refractivity contribution < 1.29 is 9.53 Å². The van der Waals surface area contributed by atoms with Gasteiger partial charge >= 0.3 is 0 Å². The van der Waals surface area contributed by atoms with E-state index in [1.807, 2.05) is 24.8 Å². The zero-order valence-electron chi connectivity index (χ0n) is 11.6. The molecule has 1 fully saturated rings. The number of carbonyl (C=O) groups excluding carboxylic acids is 1. The Hall–Kier alpha value is -0.390. The Balaban J connectivity index is 2.12. The maximum Gasteiger partial charge on any atom is 0.264 e. The minimum Gasteiger partial charge on any atom is -0.372 e. The number of ether oxygens (including phenoxy) is 1. The molecule has 0 N–H and O–H groups in total. The molecule has 0 saturated carbocycles. The average Bonchev–Trinajstić information content (AvgIpc) is 2.69. The van der Waals surface area contributed by atoms with Crippen LogP contribution < -0.4 is 0 Å². The molecule has 5 heteroatoms. The highest BCUT2D eigenvalue weighted by molar-refractivity contribution is 9.10. The highest BCUT2D eigenvalue weighted by Crippen LogP contribution is 2.30. The van der Waals surface area contributed by atoms with Crippen LogP contribution in [0.5, 0.6) is 0 Å². The minimum atomic E-state index is 0.117. The second kappa shape index (κ2) is 6.37. The number of aryl methyl sites for hydroxylation is 1. The first-order valence-electron chi connectivity index (χ1n) is 6.74. The molecule has 0 radical (unpaired) electrons. The van der Waals surface area contributed by atoms with E-state index < -0.39 is 0 Å². The molecule has 1 aromatic heterocycles. The monoisotopic (exact) mass is 345 g/mol. The van der Waals surface area contributed by atoms with Gasteiger partial charge in [0, 0.05) is 22.4 Å². The minimum absolute atomic E-state index is 0.117. The second-order valence-electron chi connectivity index (χ2n) is 5.10. The summed E-state index contributed by atoms with van der Waals surface area (Å²) in [5.74, 6) is 0.134. The van der Waals surface area contributed by atoms with Crippen LogP contribution in [0.15, 0.2) is 10.5 Å². The van der Waals surface area contributed by atoms with E-state index in [2.05, 4.69) is 22.9 Å². The first kappa shape index (κ1) is 15.0. The predicted octanol–water partition coefficient (Wildman–Crippen LogP) is 3.71. The number of halogens is 1. The van der Waals surface area contributed by atoms with E-state index in [1.165, 1.54) is 4.88 Å². The summed E-state index contributed by atoms with van der Waals surface area (Å²) in [4.78, 5) is 16.5. The predicted molar refractivity (Wildman–Crippen MR) is 81.9 cm³/mol. The number of nitrogens with zero attached hydrogens (tertiary/aromatic N) is 1. The van der Waals surface area contributed by atoms with Gasteiger partial charge in [-0.2, -0.15) is 0 Å². The van der Waals surface area contributed by atoms with Gasteiger partial charge in [-0.3, -0.25) is 4.79 Å². The molecule has 106 valence electrons. The molecule has 0 unspecified atom stereocenters. The highest BCUT2D eigenvalue weighted by Gasteiger charge is 2.27. The number of carbonyl (C=O) groups is 1. The van der Waals surface area contributed by atoms with E-state index in [1.54, 1.807) is 11.3 Å². The number of amides is 1. The fourth-order valence-electron chi connectivity index (χ4n) is 2.41. The quantitative estimate of drug-likeness (QED) is 0.835. The van der Waals surface area contributed by atoms with Crippen molar-refractivity contribution in [2.45, 2.75) is 45.8 Å². The lowest BCUT2D eigenvalue weighted by Crippen LogP contribution is -2.48. The maximum absolute atomic E-state index is 12.5. The normalized spacial score (nSPS) is 23.7. The van der Waals surface area contributed by atoms with Crippen LogP contribution in [0.3, 0.4) is 0 Å². The summed E-state index contributed by atoms with van der Waals surface area (Å²) in [5, 5.41) is 0. The van der Waals surface area contributed by atoms with E-state index in [-0.39, 0.29) is 18.1 Å². The largest absolute Gasteiger partial charge is 0.372 e. The molecule has 2 heterocycles. The lowest BCUT2D eigenvalue weighted by Gasteiger charge is -2.35. The van der Waals surface area contributed by atoms with Crippen LogP contribution in [-0.4, -0.2) is 36.1 Å². The van der Waals surface area contributed by atoms with Gasteiger partial charge in [-0.1, -0.05) is 13.3 Å². The van der Waals surface area contributed by atoms with E-state index in [4.69, 9.17) is 4.74 Å². The topological polar surface area (TPSA) is 29.5 Å². The first-order valence-corrected chi connectivity index (χ1v) is 8.35. The molecule has 0 spiro atoms. The van der Waals surface area contributed by atoms with Crippen molar-refractivity contribution in [3.05, 3.63) is 20.3 Å². The van der Waals surface area contributed by atoms with Crippen LogP contribution in [0, 0.1) is 0 Å². The lowest BCUT2D eigenvalue weighted by atomic mass is 10.2. The Morgan fingerprint density at radius 3 is 2.68 bits per heavy atom. The van der Waals surface area contributed by atoms with Gasteiger partial charge in [0.25, 0.3) is 5.91 Å². The maximum atomic E-state index is 12.5. The summed E-state index contributed by atoms with van der Waals surface area (Å²) < 4.78 is 6.74. The molecule has 1 aliphatic rings. The SMILES string of the molecule is CCCc1sc(C(=O)N2C[C@@H](C)O[C@H](C)C2)cc1Br. The number of thiophene rings is 1. The van der Waals surface area contributed by atoms with Gasteiger partial charge in [0.1, 0.15) is 0 Å². The molecule has 0 aromatic carbocycles. The van der Waals surface area contributed by atoms with Gasteiger partial charge in [0.15, 0.2) is 0 Å². The zero-order valence-corrected chi connectivity index (χ0v) is 14.0. The van der Waals surface area contributed by atoms with Crippen LogP contribution in [0.4, 0.5) is 0 Å². The molecule has 0 bridgehead atoms. The van der Waals surface area contributed by atoms with Crippen LogP contribution in [0.25, 0.3) is 0 Å². The molecule has 2 rings (SSSR count). The van der Waals surface area contributed by atoms with Gasteiger partial charge in [0.2, 0.25) is 0 Å². The molecule has 2 atom stereocenters. The van der Waals surface area contributed by atoms with E-state index in [9.17, 15) is 4.79 Å². The smallest absolute Gasteiger partial charge is 0.264 e. The number of rotatable bonds is 3. The first-order chi connectivity index (χ1) is 9.01.